The highest BCUT2D eigenvalue weighted by Crippen LogP contribution is 2.24. The van der Waals surface area contributed by atoms with Crippen LogP contribution in [0.15, 0.2) is 122 Å². The van der Waals surface area contributed by atoms with Gasteiger partial charge in [0, 0.05) is 0 Å². The van der Waals surface area contributed by atoms with Crippen molar-refractivity contribution >= 4 is 11.1 Å². The van der Waals surface area contributed by atoms with Crippen LogP contribution in [0.25, 0.3) is 11.1 Å². The van der Waals surface area contributed by atoms with Gasteiger partial charge in [0.2, 0.25) is 0 Å². The molecule has 140 valence electrons. The molecule has 0 atom stereocenters. The molecule has 0 aliphatic carbocycles. The van der Waals surface area contributed by atoms with E-state index in [0.717, 1.165) is 39.8 Å². The van der Waals surface area contributed by atoms with E-state index in [1.54, 1.807) is 0 Å². The van der Waals surface area contributed by atoms with E-state index in [9.17, 15) is 0 Å². The van der Waals surface area contributed by atoms with E-state index in [-0.39, 0.29) is 0 Å². The van der Waals surface area contributed by atoms with Gasteiger partial charge in [-0.15, -0.1) is 0 Å². The predicted molar refractivity (Wildman–Crippen MR) is 125 cm³/mol. The zero-order chi connectivity index (χ0) is 20.1. The van der Waals surface area contributed by atoms with E-state index < -0.39 is 0 Å². The molecule has 0 nitrogen and oxygen atoms in total. The minimum Gasteiger partial charge on any atom is -0.0906 e. The first-order chi connectivity index (χ1) is 14.2. The molecule has 0 aromatic heterocycles. The van der Waals surface area contributed by atoms with Crippen molar-refractivity contribution in [1.82, 2.24) is 0 Å². The fourth-order valence-corrected chi connectivity index (χ4v) is 3.50. The third-order valence-corrected chi connectivity index (χ3v) is 5.26. The maximum atomic E-state index is 4.25. The van der Waals surface area contributed by atoms with Crippen molar-refractivity contribution in [1.29, 1.82) is 0 Å². The Hall–Kier alpha value is -3.64. The molecule has 4 aromatic carbocycles. The van der Waals surface area contributed by atoms with Gasteiger partial charge in [-0.2, -0.15) is 0 Å². The third kappa shape index (κ3) is 4.44. The molecular formula is C29H24. The van der Waals surface area contributed by atoms with Crippen molar-refractivity contribution in [3.8, 4) is 0 Å². The molecule has 4 aromatic rings. The minimum atomic E-state index is 0.913. The molecule has 0 heterocycles. The van der Waals surface area contributed by atoms with Gasteiger partial charge in [-0.05, 0) is 50.9 Å². The Morgan fingerprint density at radius 1 is 0.414 bits per heavy atom. The van der Waals surface area contributed by atoms with Crippen LogP contribution in [0.4, 0.5) is 0 Å². The Morgan fingerprint density at radius 3 is 1.07 bits per heavy atom. The highest BCUT2D eigenvalue weighted by molar-refractivity contribution is 5.78. The molecule has 0 saturated heterocycles. The lowest BCUT2D eigenvalue weighted by molar-refractivity contribution is 1.19. The van der Waals surface area contributed by atoms with Crippen LogP contribution in [-0.4, -0.2) is 0 Å². The summed E-state index contributed by atoms with van der Waals surface area (Å²) in [6.07, 6.45) is 0.913. The van der Waals surface area contributed by atoms with Crippen LogP contribution in [-0.2, 0) is 6.42 Å². The molecular weight excluding hydrogens is 348 g/mol. The molecule has 0 bridgehead atoms. The number of hydrogen-bond donors (Lipinski definition) is 0. The Kier molecular flexibility index (Phi) is 5.54. The summed E-state index contributed by atoms with van der Waals surface area (Å²) in [6.45, 7) is 8.50. The first-order valence-corrected chi connectivity index (χ1v) is 9.88. The van der Waals surface area contributed by atoms with Gasteiger partial charge in [0.1, 0.15) is 0 Å². The summed E-state index contributed by atoms with van der Waals surface area (Å²) in [5.41, 5.74) is 9.35. The number of hydrogen-bond acceptors (Lipinski definition) is 0. The first kappa shape index (κ1) is 18.7. The molecule has 29 heavy (non-hydrogen) atoms. The first-order valence-electron chi connectivity index (χ1n) is 9.88. The molecule has 0 saturated carbocycles. The molecule has 0 radical (unpaired) electrons. The fourth-order valence-electron chi connectivity index (χ4n) is 3.50. The van der Waals surface area contributed by atoms with Crippen LogP contribution >= 0.6 is 0 Å². The van der Waals surface area contributed by atoms with E-state index in [0.29, 0.717) is 0 Å². The molecule has 0 unspecified atom stereocenters. The second-order valence-corrected chi connectivity index (χ2v) is 7.26. The average molecular weight is 373 g/mol. The molecule has 0 aliphatic rings. The summed E-state index contributed by atoms with van der Waals surface area (Å²) < 4.78 is 0. The lowest BCUT2D eigenvalue weighted by atomic mass is 9.95. The topological polar surface area (TPSA) is 0 Å². The van der Waals surface area contributed by atoms with Crippen molar-refractivity contribution < 1.29 is 0 Å². The highest BCUT2D eigenvalue weighted by atomic mass is 14.1. The van der Waals surface area contributed by atoms with E-state index in [1.807, 2.05) is 36.4 Å². The SMILES string of the molecule is C=C(c1ccccc1)c1ccc(Cc2ccc(C(=C)c3ccccc3)cc2)cc1. The maximum Gasteiger partial charge on any atom is -0.00258 e. The molecule has 0 fully saturated rings. The summed E-state index contributed by atoms with van der Waals surface area (Å²) >= 11 is 0. The average Bonchev–Trinajstić information content (AvgIpc) is 2.80. The van der Waals surface area contributed by atoms with Crippen molar-refractivity contribution in [3.63, 3.8) is 0 Å². The smallest absolute Gasteiger partial charge is 0.00258 e. The van der Waals surface area contributed by atoms with Crippen LogP contribution in [0.1, 0.15) is 33.4 Å². The molecule has 0 heteroatoms. The summed E-state index contributed by atoms with van der Waals surface area (Å²) in [6, 6.07) is 38.1. The number of benzene rings is 4. The molecule has 0 aliphatic heterocycles. The van der Waals surface area contributed by atoms with Gasteiger partial charge in [0.25, 0.3) is 0 Å². The van der Waals surface area contributed by atoms with Gasteiger partial charge in [-0.3, -0.25) is 0 Å². The molecule has 0 N–H and O–H groups in total. The third-order valence-electron chi connectivity index (χ3n) is 5.26. The van der Waals surface area contributed by atoms with Crippen LogP contribution in [0.5, 0.6) is 0 Å². The lowest BCUT2D eigenvalue weighted by Crippen LogP contribution is -1.92. The van der Waals surface area contributed by atoms with Crippen molar-refractivity contribution in [2.45, 2.75) is 6.42 Å². The van der Waals surface area contributed by atoms with E-state index in [4.69, 9.17) is 0 Å². The number of rotatable bonds is 6. The summed E-state index contributed by atoms with van der Waals surface area (Å²) in [5.74, 6) is 0. The highest BCUT2D eigenvalue weighted by Gasteiger charge is 2.05. The zero-order valence-corrected chi connectivity index (χ0v) is 16.5. The van der Waals surface area contributed by atoms with Crippen LogP contribution in [0, 0.1) is 0 Å². The van der Waals surface area contributed by atoms with Gasteiger partial charge in [0.15, 0.2) is 0 Å². The van der Waals surface area contributed by atoms with Gasteiger partial charge in [-0.25, -0.2) is 0 Å². The van der Waals surface area contributed by atoms with Crippen molar-refractivity contribution in [3.05, 3.63) is 156 Å². The Morgan fingerprint density at radius 2 is 0.724 bits per heavy atom. The standard InChI is InChI=1S/C29H24/c1-22(26-9-5-3-6-10-26)28-17-13-24(14-18-28)21-25-15-19-29(20-16-25)23(2)27-11-7-4-8-12-27/h3-20H,1-2,21H2. The zero-order valence-electron chi connectivity index (χ0n) is 16.5. The van der Waals surface area contributed by atoms with Crippen molar-refractivity contribution in [2.24, 2.45) is 0 Å². The van der Waals surface area contributed by atoms with Gasteiger partial charge in [-0.1, -0.05) is 122 Å². The summed E-state index contributed by atoms with van der Waals surface area (Å²) in [4.78, 5) is 0. The largest absolute Gasteiger partial charge is 0.0906 e. The molecule has 4 rings (SSSR count). The second-order valence-electron chi connectivity index (χ2n) is 7.26. The Balaban J connectivity index is 1.44. The lowest BCUT2D eigenvalue weighted by Gasteiger charge is -2.09. The molecule has 0 spiro atoms. The van der Waals surface area contributed by atoms with Gasteiger partial charge < -0.3 is 0 Å². The Bertz CT molecular complexity index is 1010. The fraction of sp³-hybridized carbons (Fsp3) is 0.0345. The van der Waals surface area contributed by atoms with E-state index in [2.05, 4.69) is 86.0 Å². The van der Waals surface area contributed by atoms with Gasteiger partial charge >= 0.3 is 0 Å². The van der Waals surface area contributed by atoms with Crippen LogP contribution in [0.3, 0.4) is 0 Å². The van der Waals surface area contributed by atoms with Crippen LogP contribution < -0.4 is 0 Å². The van der Waals surface area contributed by atoms with Crippen LogP contribution in [0.2, 0.25) is 0 Å². The monoisotopic (exact) mass is 372 g/mol. The van der Waals surface area contributed by atoms with Gasteiger partial charge in [0.05, 0.1) is 0 Å². The quantitative estimate of drug-likeness (QED) is 0.331. The normalized spacial score (nSPS) is 10.5. The maximum absolute atomic E-state index is 4.25. The predicted octanol–water partition coefficient (Wildman–Crippen LogP) is 7.40. The van der Waals surface area contributed by atoms with Crippen molar-refractivity contribution in [2.75, 3.05) is 0 Å². The van der Waals surface area contributed by atoms with E-state index in [1.165, 1.54) is 11.1 Å². The summed E-state index contributed by atoms with van der Waals surface area (Å²) in [5, 5.41) is 0. The Labute approximate surface area is 173 Å². The molecule has 0 amide bonds. The summed E-state index contributed by atoms with van der Waals surface area (Å²) in [7, 11) is 0. The van der Waals surface area contributed by atoms with E-state index >= 15 is 0 Å². The second kappa shape index (κ2) is 8.58. The minimum absolute atomic E-state index is 0.913.